The van der Waals surface area contributed by atoms with Gasteiger partial charge in [-0.3, -0.25) is 0 Å². The molecule has 4 nitrogen and oxygen atoms in total. The molecular formula is C20H29FN2O2. The van der Waals surface area contributed by atoms with Crippen molar-refractivity contribution < 1.29 is 13.9 Å². The van der Waals surface area contributed by atoms with E-state index in [1.54, 1.807) is 0 Å². The maximum Gasteiger partial charge on any atom is 0.143 e. The number of halogens is 1. The lowest BCUT2D eigenvalue weighted by Gasteiger charge is -2.36. The summed E-state index contributed by atoms with van der Waals surface area (Å²) >= 11 is 0. The van der Waals surface area contributed by atoms with Crippen LogP contribution in [0.15, 0.2) is 6.07 Å². The van der Waals surface area contributed by atoms with Crippen LogP contribution in [0.2, 0.25) is 0 Å². The summed E-state index contributed by atoms with van der Waals surface area (Å²) in [5.74, 6) is 1.66. The highest BCUT2D eigenvalue weighted by atomic mass is 19.1. The second kappa shape index (κ2) is 7.50. The minimum Gasteiger partial charge on any atom is -0.490 e. The minimum atomic E-state index is -0.436. The molecule has 0 aromatic heterocycles. The standard InChI is InChI=1S/C20H29FN2O2/c1-2-24-16(12-21)13-23-9-10-25-18-11-15-5-7-22-8-6-17(15)19(20(18)23)14-3-4-14/h11,14,16,22H,2-10,12-13H2,1H3/t16-/m0/s1. The van der Waals surface area contributed by atoms with Gasteiger partial charge in [-0.05, 0) is 74.4 Å². The Labute approximate surface area is 149 Å². The van der Waals surface area contributed by atoms with Crippen molar-refractivity contribution in [2.45, 2.75) is 44.6 Å². The molecule has 1 aromatic carbocycles. The van der Waals surface area contributed by atoms with Crippen LogP contribution >= 0.6 is 0 Å². The summed E-state index contributed by atoms with van der Waals surface area (Å²) < 4.78 is 25.0. The van der Waals surface area contributed by atoms with Gasteiger partial charge in [0.1, 0.15) is 25.1 Å². The summed E-state index contributed by atoms with van der Waals surface area (Å²) in [6, 6.07) is 2.25. The van der Waals surface area contributed by atoms with Crippen molar-refractivity contribution in [3.05, 3.63) is 22.8 Å². The second-order valence-corrected chi connectivity index (χ2v) is 7.33. The highest BCUT2D eigenvalue weighted by Gasteiger charge is 2.35. The van der Waals surface area contributed by atoms with E-state index in [0.717, 1.165) is 38.2 Å². The van der Waals surface area contributed by atoms with Crippen LogP contribution < -0.4 is 15.0 Å². The molecule has 1 N–H and O–H groups in total. The molecule has 1 saturated carbocycles. The number of rotatable bonds is 6. The number of hydrogen-bond acceptors (Lipinski definition) is 4. The van der Waals surface area contributed by atoms with Gasteiger partial charge in [-0.25, -0.2) is 4.39 Å². The lowest BCUT2D eigenvalue weighted by Crippen LogP contribution is -2.41. The van der Waals surface area contributed by atoms with Gasteiger partial charge in [0.05, 0.1) is 12.2 Å². The molecule has 1 atom stereocenters. The first kappa shape index (κ1) is 17.1. The minimum absolute atomic E-state index is 0.358. The summed E-state index contributed by atoms with van der Waals surface area (Å²) in [5.41, 5.74) is 5.69. The van der Waals surface area contributed by atoms with E-state index >= 15 is 0 Å². The normalized spacial score (nSPS) is 21.1. The van der Waals surface area contributed by atoms with Crippen LogP contribution in [0.25, 0.3) is 0 Å². The van der Waals surface area contributed by atoms with Gasteiger partial charge < -0.3 is 19.7 Å². The fraction of sp³-hybridized carbons (Fsp3) is 0.700. The monoisotopic (exact) mass is 348 g/mol. The number of nitrogens with zero attached hydrogens (tertiary/aromatic N) is 1. The summed E-state index contributed by atoms with van der Waals surface area (Å²) in [5, 5.41) is 3.52. The van der Waals surface area contributed by atoms with E-state index in [0.29, 0.717) is 25.7 Å². The average Bonchev–Trinajstić information content (AvgIpc) is 3.46. The zero-order chi connectivity index (χ0) is 17.2. The molecule has 5 heteroatoms. The molecule has 0 unspecified atom stereocenters. The molecule has 2 aliphatic heterocycles. The maximum absolute atomic E-state index is 13.4. The van der Waals surface area contributed by atoms with Crippen LogP contribution in [0, 0.1) is 0 Å². The first-order chi connectivity index (χ1) is 12.3. The molecule has 1 aromatic rings. The number of benzene rings is 1. The highest BCUT2D eigenvalue weighted by molar-refractivity contribution is 5.71. The van der Waals surface area contributed by atoms with Gasteiger partial charge in [-0.2, -0.15) is 0 Å². The Morgan fingerprint density at radius 1 is 1.36 bits per heavy atom. The van der Waals surface area contributed by atoms with E-state index in [1.165, 1.54) is 35.2 Å². The van der Waals surface area contributed by atoms with Crippen molar-refractivity contribution >= 4 is 5.69 Å². The van der Waals surface area contributed by atoms with Crippen molar-refractivity contribution in [3.8, 4) is 5.75 Å². The fourth-order valence-electron chi connectivity index (χ4n) is 4.28. The second-order valence-electron chi connectivity index (χ2n) is 7.33. The van der Waals surface area contributed by atoms with E-state index in [9.17, 15) is 4.39 Å². The third kappa shape index (κ3) is 3.49. The molecule has 0 bridgehead atoms. The van der Waals surface area contributed by atoms with E-state index in [1.807, 2.05) is 6.92 Å². The Hall–Kier alpha value is -1.33. The Bertz CT molecular complexity index is 618. The van der Waals surface area contributed by atoms with Crippen molar-refractivity contribution in [3.63, 3.8) is 0 Å². The Balaban J connectivity index is 1.73. The molecule has 138 valence electrons. The van der Waals surface area contributed by atoms with Gasteiger partial charge in [0.25, 0.3) is 0 Å². The van der Waals surface area contributed by atoms with E-state index in [2.05, 4.69) is 16.3 Å². The quantitative estimate of drug-likeness (QED) is 0.857. The molecule has 4 rings (SSSR count). The van der Waals surface area contributed by atoms with Gasteiger partial charge in [-0.15, -0.1) is 0 Å². The van der Waals surface area contributed by atoms with Crippen molar-refractivity contribution in [2.24, 2.45) is 0 Å². The third-order valence-electron chi connectivity index (χ3n) is 5.55. The Kier molecular flexibility index (Phi) is 5.13. The molecule has 2 heterocycles. The molecule has 25 heavy (non-hydrogen) atoms. The average molecular weight is 348 g/mol. The smallest absolute Gasteiger partial charge is 0.143 e. The number of fused-ring (bicyclic) bond motifs is 2. The largest absolute Gasteiger partial charge is 0.490 e. The predicted molar refractivity (Wildman–Crippen MR) is 97.8 cm³/mol. The summed E-state index contributed by atoms with van der Waals surface area (Å²) in [7, 11) is 0. The number of anilines is 1. The zero-order valence-corrected chi connectivity index (χ0v) is 15.2. The molecule has 1 aliphatic carbocycles. The van der Waals surface area contributed by atoms with Gasteiger partial charge in [-0.1, -0.05) is 0 Å². The van der Waals surface area contributed by atoms with Crippen LogP contribution in [0.5, 0.6) is 5.75 Å². The van der Waals surface area contributed by atoms with Crippen molar-refractivity contribution in [1.29, 1.82) is 0 Å². The maximum atomic E-state index is 13.4. The topological polar surface area (TPSA) is 33.7 Å². The lowest BCUT2D eigenvalue weighted by molar-refractivity contribution is 0.0483. The van der Waals surface area contributed by atoms with Crippen LogP contribution in [0.1, 0.15) is 42.4 Å². The SMILES string of the molecule is CCO[C@@H](CF)CN1CCOc2cc3c(c(C4CC4)c21)CCNCC3. The fourth-order valence-corrected chi connectivity index (χ4v) is 4.28. The number of alkyl halides is 1. The predicted octanol–water partition coefficient (Wildman–Crippen LogP) is 2.83. The van der Waals surface area contributed by atoms with Crippen molar-refractivity contribution in [1.82, 2.24) is 5.32 Å². The highest BCUT2D eigenvalue weighted by Crippen LogP contribution is 2.51. The molecule has 1 fully saturated rings. The van der Waals surface area contributed by atoms with E-state index in [-0.39, 0.29) is 6.10 Å². The first-order valence-electron chi connectivity index (χ1n) is 9.76. The Morgan fingerprint density at radius 2 is 2.20 bits per heavy atom. The lowest BCUT2D eigenvalue weighted by atomic mass is 9.91. The van der Waals surface area contributed by atoms with Crippen LogP contribution in [-0.2, 0) is 17.6 Å². The summed E-state index contributed by atoms with van der Waals surface area (Å²) in [6.45, 7) is 6.21. The first-order valence-corrected chi connectivity index (χ1v) is 9.76. The molecule has 3 aliphatic rings. The number of ether oxygens (including phenoxy) is 2. The Morgan fingerprint density at radius 3 is 2.96 bits per heavy atom. The van der Waals surface area contributed by atoms with E-state index < -0.39 is 6.67 Å². The van der Waals surface area contributed by atoms with Crippen molar-refractivity contribution in [2.75, 3.05) is 51.0 Å². The van der Waals surface area contributed by atoms with Gasteiger partial charge >= 0.3 is 0 Å². The van der Waals surface area contributed by atoms with Crippen LogP contribution in [0.4, 0.5) is 10.1 Å². The third-order valence-corrected chi connectivity index (χ3v) is 5.55. The zero-order valence-electron chi connectivity index (χ0n) is 15.2. The summed E-state index contributed by atoms with van der Waals surface area (Å²) in [6.07, 6.45) is 4.33. The molecule has 0 saturated heterocycles. The summed E-state index contributed by atoms with van der Waals surface area (Å²) in [4.78, 5) is 2.32. The number of hydrogen-bond donors (Lipinski definition) is 1. The number of nitrogens with one attached hydrogen (secondary N) is 1. The van der Waals surface area contributed by atoms with Crippen LogP contribution in [-0.4, -0.2) is 52.2 Å². The van der Waals surface area contributed by atoms with Gasteiger partial charge in [0.15, 0.2) is 0 Å². The van der Waals surface area contributed by atoms with Gasteiger partial charge in [0.2, 0.25) is 0 Å². The van der Waals surface area contributed by atoms with Gasteiger partial charge in [0, 0.05) is 13.2 Å². The molecule has 0 spiro atoms. The molecular weight excluding hydrogens is 319 g/mol. The molecule has 0 amide bonds. The van der Waals surface area contributed by atoms with E-state index in [4.69, 9.17) is 9.47 Å². The van der Waals surface area contributed by atoms with Crippen LogP contribution in [0.3, 0.4) is 0 Å². The molecule has 0 radical (unpaired) electrons.